The Labute approximate surface area is 248 Å². The van der Waals surface area contributed by atoms with E-state index in [4.69, 9.17) is 9.47 Å². The van der Waals surface area contributed by atoms with Crippen LogP contribution in [0.1, 0.15) is 43.6 Å². The highest BCUT2D eigenvalue weighted by Gasteiger charge is 2.24. The van der Waals surface area contributed by atoms with Crippen molar-refractivity contribution in [3.05, 3.63) is 119 Å². The Kier molecular flexibility index (Phi) is 10.1. The molecular weight excluding hydrogens is 550 g/mol. The number of carbonyl (C=O) groups is 4. The topological polar surface area (TPSA) is 143 Å². The van der Waals surface area contributed by atoms with Gasteiger partial charge in [0.05, 0.1) is 30.5 Å². The summed E-state index contributed by atoms with van der Waals surface area (Å²) >= 11 is 0. The third-order valence-electron chi connectivity index (χ3n) is 6.43. The summed E-state index contributed by atoms with van der Waals surface area (Å²) in [5.41, 5.74) is 2.23. The highest BCUT2D eigenvalue weighted by atomic mass is 16.5. The van der Waals surface area contributed by atoms with E-state index in [1.165, 1.54) is 31.4 Å². The number of carbonyl (C=O) groups excluding carboxylic acids is 4. The first-order chi connectivity index (χ1) is 20.8. The fraction of sp³-hybridized carbons (Fsp3) is 0.152. The number of benzene rings is 4. The number of ether oxygens (including phenoxy) is 2. The van der Waals surface area contributed by atoms with Gasteiger partial charge in [0.25, 0.3) is 11.8 Å². The number of phenolic OH excluding ortho intramolecular Hbond substituents is 1. The van der Waals surface area contributed by atoms with E-state index in [1.54, 1.807) is 79.7 Å². The van der Waals surface area contributed by atoms with Crippen molar-refractivity contribution in [1.82, 2.24) is 5.32 Å². The Hall–Kier alpha value is -5.64. The quantitative estimate of drug-likeness (QED) is 0.186. The molecule has 0 heterocycles. The summed E-state index contributed by atoms with van der Waals surface area (Å²) in [5, 5.41) is 18.0. The highest BCUT2D eigenvalue weighted by molar-refractivity contribution is 6.10. The second kappa shape index (κ2) is 14.3. The molecule has 0 aliphatic carbocycles. The number of anilines is 2. The van der Waals surface area contributed by atoms with E-state index < -0.39 is 29.7 Å². The minimum atomic E-state index is -1.04. The van der Waals surface area contributed by atoms with Gasteiger partial charge in [-0.05, 0) is 85.3 Å². The van der Waals surface area contributed by atoms with Crippen molar-refractivity contribution in [2.45, 2.75) is 19.4 Å². The predicted octanol–water partition coefficient (Wildman–Crippen LogP) is 4.81. The van der Waals surface area contributed by atoms with Gasteiger partial charge in [0.15, 0.2) is 0 Å². The zero-order chi connectivity index (χ0) is 30.8. The standard InChI is InChI=1S/C33H31N3O7/c1-3-43-33(41)23-10-14-24(15-11-23)34-32(40)29(20-21-8-16-25(37)17-9-21)36-31(39)27-6-4-5-7-28(27)35-30(38)22-12-18-26(42-2)19-13-22/h4-19,29,37H,3,20H2,1-2H3,(H,34,40)(H,35,38)(H,36,39)/t29-/m1/s1. The molecule has 10 heteroatoms. The molecular formula is C33H31N3O7. The molecule has 1 atom stereocenters. The van der Waals surface area contributed by atoms with Gasteiger partial charge in [-0.3, -0.25) is 14.4 Å². The molecule has 0 saturated heterocycles. The van der Waals surface area contributed by atoms with Gasteiger partial charge in [-0.25, -0.2) is 4.79 Å². The van der Waals surface area contributed by atoms with Gasteiger partial charge < -0.3 is 30.5 Å². The van der Waals surface area contributed by atoms with E-state index in [1.807, 2.05) is 0 Å². The molecule has 0 bridgehead atoms. The van der Waals surface area contributed by atoms with Crippen LogP contribution in [0.3, 0.4) is 0 Å². The van der Waals surface area contributed by atoms with Gasteiger partial charge in [-0.15, -0.1) is 0 Å². The Balaban J connectivity index is 1.53. The van der Waals surface area contributed by atoms with E-state index in [9.17, 15) is 24.3 Å². The molecule has 4 rings (SSSR count). The van der Waals surface area contributed by atoms with Gasteiger partial charge in [0, 0.05) is 17.7 Å². The average molecular weight is 582 g/mol. The van der Waals surface area contributed by atoms with E-state index in [-0.39, 0.29) is 30.0 Å². The minimum absolute atomic E-state index is 0.0667. The number of hydrogen-bond donors (Lipinski definition) is 4. The van der Waals surface area contributed by atoms with E-state index in [0.717, 1.165) is 0 Å². The van der Waals surface area contributed by atoms with Gasteiger partial charge in [0.1, 0.15) is 17.5 Å². The summed E-state index contributed by atoms with van der Waals surface area (Å²) < 4.78 is 10.1. The first-order valence-electron chi connectivity index (χ1n) is 13.5. The highest BCUT2D eigenvalue weighted by Crippen LogP contribution is 2.19. The van der Waals surface area contributed by atoms with E-state index in [2.05, 4.69) is 16.0 Å². The van der Waals surface area contributed by atoms with Gasteiger partial charge in [-0.1, -0.05) is 24.3 Å². The Morgan fingerprint density at radius 3 is 2.07 bits per heavy atom. The molecule has 0 fully saturated rings. The molecule has 4 N–H and O–H groups in total. The molecule has 43 heavy (non-hydrogen) atoms. The van der Waals surface area contributed by atoms with E-state index >= 15 is 0 Å². The fourth-order valence-electron chi connectivity index (χ4n) is 4.17. The maximum Gasteiger partial charge on any atom is 0.338 e. The maximum absolute atomic E-state index is 13.5. The van der Waals surface area contributed by atoms with Crippen LogP contribution >= 0.6 is 0 Å². The Morgan fingerprint density at radius 1 is 0.767 bits per heavy atom. The molecule has 0 unspecified atom stereocenters. The number of methoxy groups -OCH3 is 1. The molecule has 3 amide bonds. The van der Waals surface area contributed by atoms with Crippen LogP contribution in [0, 0.1) is 0 Å². The van der Waals surface area contributed by atoms with E-state index in [0.29, 0.717) is 28.1 Å². The van der Waals surface area contributed by atoms with Crippen molar-refractivity contribution in [3.8, 4) is 11.5 Å². The van der Waals surface area contributed by atoms with Crippen molar-refractivity contribution >= 4 is 35.1 Å². The van der Waals surface area contributed by atoms with Crippen LogP contribution in [0.25, 0.3) is 0 Å². The van der Waals surface area contributed by atoms with Gasteiger partial charge in [0.2, 0.25) is 5.91 Å². The van der Waals surface area contributed by atoms with Crippen LogP contribution in [-0.2, 0) is 16.0 Å². The Morgan fingerprint density at radius 2 is 1.42 bits per heavy atom. The third kappa shape index (κ3) is 8.20. The molecule has 4 aromatic carbocycles. The molecule has 0 saturated carbocycles. The van der Waals surface area contributed by atoms with Crippen molar-refractivity contribution in [2.75, 3.05) is 24.4 Å². The first kappa shape index (κ1) is 30.3. The predicted molar refractivity (Wildman–Crippen MR) is 161 cm³/mol. The SMILES string of the molecule is CCOC(=O)c1ccc(NC(=O)[C@@H](Cc2ccc(O)cc2)NC(=O)c2ccccc2NC(=O)c2ccc(OC)cc2)cc1. The molecule has 0 aliphatic heterocycles. The molecule has 4 aromatic rings. The molecule has 0 aliphatic rings. The first-order valence-corrected chi connectivity index (χ1v) is 13.5. The summed E-state index contributed by atoms with van der Waals surface area (Å²) in [7, 11) is 1.53. The smallest absolute Gasteiger partial charge is 0.338 e. The van der Waals surface area contributed by atoms with Crippen molar-refractivity contribution in [2.24, 2.45) is 0 Å². The largest absolute Gasteiger partial charge is 0.508 e. The van der Waals surface area contributed by atoms with Crippen LogP contribution in [0.2, 0.25) is 0 Å². The number of nitrogens with one attached hydrogen (secondary N) is 3. The molecule has 0 radical (unpaired) electrons. The zero-order valence-corrected chi connectivity index (χ0v) is 23.6. The van der Waals surface area contributed by atoms with Crippen molar-refractivity contribution in [3.63, 3.8) is 0 Å². The average Bonchev–Trinajstić information content (AvgIpc) is 3.02. The van der Waals surface area contributed by atoms with Crippen LogP contribution in [0.4, 0.5) is 11.4 Å². The zero-order valence-electron chi connectivity index (χ0n) is 23.6. The number of esters is 1. The lowest BCUT2D eigenvalue weighted by atomic mass is 10.0. The third-order valence-corrected chi connectivity index (χ3v) is 6.43. The second-order valence-electron chi connectivity index (χ2n) is 9.41. The minimum Gasteiger partial charge on any atom is -0.508 e. The number of hydrogen-bond acceptors (Lipinski definition) is 7. The normalized spacial score (nSPS) is 11.1. The monoisotopic (exact) mass is 581 g/mol. The number of aromatic hydroxyl groups is 1. The molecule has 0 spiro atoms. The van der Waals surface area contributed by atoms with Crippen molar-refractivity contribution in [1.29, 1.82) is 0 Å². The fourth-order valence-corrected chi connectivity index (χ4v) is 4.17. The number of rotatable bonds is 11. The molecule has 10 nitrogen and oxygen atoms in total. The number of para-hydroxylation sites is 1. The van der Waals surface area contributed by atoms with Crippen LogP contribution < -0.4 is 20.7 Å². The lowest BCUT2D eigenvalue weighted by Gasteiger charge is -2.20. The summed E-state index contributed by atoms with van der Waals surface area (Å²) in [6.45, 7) is 1.95. The summed E-state index contributed by atoms with van der Waals surface area (Å²) in [6.07, 6.45) is 0.110. The summed E-state index contributed by atoms with van der Waals surface area (Å²) in [5.74, 6) is -1.32. The lowest BCUT2D eigenvalue weighted by Crippen LogP contribution is -2.45. The summed E-state index contributed by atoms with van der Waals surface area (Å²) in [6, 6.07) is 24.4. The number of phenols is 1. The van der Waals surface area contributed by atoms with Gasteiger partial charge in [-0.2, -0.15) is 0 Å². The van der Waals surface area contributed by atoms with Crippen molar-refractivity contribution < 1.29 is 33.8 Å². The number of amides is 3. The van der Waals surface area contributed by atoms with Gasteiger partial charge >= 0.3 is 5.97 Å². The van der Waals surface area contributed by atoms with Crippen LogP contribution in [0.15, 0.2) is 97.1 Å². The van der Waals surface area contributed by atoms with Crippen LogP contribution in [0.5, 0.6) is 11.5 Å². The maximum atomic E-state index is 13.5. The molecule has 220 valence electrons. The lowest BCUT2D eigenvalue weighted by molar-refractivity contribution is -0.118. The second-order valence-corrected chi connectivity index (χ2v) is 9.41. The molecule has 0 aromatic heterocycles. The Bertz CT molecular complexity index is 1580. The summed E-state index contributed by atoms with van der Waals surface area (Å²) in [4.78, 5) is 51.8. The van der Waals surface area contributed by atoms with Crippen LogP contribution in [-0.4, -0.2) is 48.6 Å².